The van der Waals surface area contributed by atoms with Crippen LogP contribution in [0.2, 0.25) is 0 Å². The fourth-order valence-corrected chi connectivity index (χ4v) is 3.44. The number of benzene rings is 2. The van der Waals surface area contributed by atoms with Gasteiger partial charge in [-0.25, -0.2) is 0 Å². The third kappa shape index (κ3) is 3.43. The van der Waals surface area contributed by atoms with Crippen LogP contribution >= 0.6 is 0 Å². The number of rotatable bonds is 5. The molecule has 1 fully saturated rings. The molecule has 1 saturated carbocycles. The number of nitrogens with zero attached hydrogens (tertiary/aromatic N) is 1. The summed E-state index contributed by atoms with van der Waals surface area (Å²) in [6.07, 6.45) is 2.97. The molecule has 4 rings (SSSR count). The molecule has 5 heteroatoms. The molecule has 0 unspecified atom stereocenters. The highest BCUT2D eigenvalue weighted by Crippen LogP contribution is 2.32. The van der Waals surface area contributed by atoms with Crippen LogP contribution in [0.1, 0.15) is 36.9 Å². The normalized spacial score (nSPS) is 16.7. The van der Waals surface area contributed by atoms with E-state index in [2.05, 4.69) is 16.7 Å². The second-order valence-corrected chi connectivity index (χ2v) is 7.04. The average Bonchev–Trinajstić information content (AvgIpc) is 3.35. The van der Waals surface area contributed by atoms with Gasteiger partial charge in [0.2, 0.25) is 11.8 Å². The van der Waals surface area contributed by atoms with Crippen LogP contribution in [0.5, 0.6) is 0 Å². The van der Waals surface area contributed by atoms with Gasteiger partial charge in [0.15, 0.2) is 0 Å². The Hall–Kier alpha value is -2.82. The second kappa shape index (κ2) is 6.83. The quantitative estimate of drug-likeness (QED) is 0.872. The number of carbonyl (C=O) groups excluding carboxylic acids is 2. The number of fused-ring (bicyclic) bond motifs is 1. The predicted molar refractivity (Wildman–Crippen MR) is 102 cm³/mol. The zero-order chi connectivity index (χ0) is 18.1. The standard InChI is InChI=1S/C21H23N3O2/c1-14(25)24-12-11-16-13-18(9-10-19(16)24)22-20(15-5-3-2-4-6-15)21(26)23-17-7-8-17/h2-6,9-10,13,17,20,22H,7-8,11-12H2,1H3,(H,23,26)/t20-/m1/s1. The SMILES string of the molecule is CC(=O)N1CCc2cc(N[C@@H](C(=O)NC3CC3)c3ccccc3)ccc21. The summed E-state index contributed by atoms with van der Waals surface area (Å²) in [7, 11) is 0. The Bertz CT molecular complexity index is 830. The number of hydrogen-bond acceptors (Lipinski definition) is 3. The van der Waals surface area contributed by atoms with Crippen LogP contribution in [-0.4, -0.2) is 24.4 Å². The van der Waals surface area contributed by atoms with Crippen LogP contribution in [-0.2, 0) is 16.0 Å². The fourth-order valence-electron chi connectivity index (χ4n) is 3.44. The van der Waals surface area contributed by atoms with E-state index in [9.17, 15) is 9.59 Å². The molecule has 0 bridgehead atoms. The van der Waals surface area contributed by atoms with Crippen LogP contribution in [0.25, 0.3) is 0 Å². The molecule has 2 N–H and O–H groups in total. The van der Waals surface area contributed by atoms with Crippen molar-refractivity contribution in [3.63, 3.8) is 0 Å². The topological polar surface area (TPSA) is 61.4 Å². The highest BCUT2D eigenvalue weighted by atomic mass is 16.2. The molecule has 0 spiro atoms. The molecule has 2 aromatic carbocycles. The number of amides is 2. The monoisotopic (exact) mass is 349 g/mol. The van der Waals surface area contributed by atoms with Crippen molar-refractivity contribution < 1.29 is 9.59 Å². The largest absolute Gasteiger partial charge is 0.370 e. The van der Waals surface area contributed by atoms with Crippen LogP contribution in [0.4, 0.5) is 11.4 Å². The Morgan fingerprint density at radius 3 is 2.58 bits per heavy atom. The van der Waals surface area contributed by atoms with Gasteiger partial charge in [-0.05, 0) is 48.6 Å². The molecule has 134 valence electrons. The molecule has 5 nitrogen and oxygen atoms in total. The first-order valence-corrected chi connectivity index (χ1v) is 9.15. The molecule has 0 aromatic heterocycles. The smallest absolute Gasteiger partial charge is 0.247 e. The van der Waals surface area contributed by atoms with E-state index in [1.165, 1.54) is 0 Å². The van der Waals surface area contributed by atoms with E-state index < -0.39 is 6.04 Å². The van der Waals surface area contributed by atoms with Crippen molar-refractivity contribution in [1.29, 1.82) is 0 Å². The Morgan fingerprint density at radius 1 is 1.12 bits per heavy atom. The van der Waals surface area contributed by atoms with Crippen LogP contribution in [0, 0.1) is 0 Å². The minimum Gasteiger partial charge on any atom is -0.370 e. The number of carbonyl (C=O) groups is 2. The molecule has 2 aromatic rings. The van der Waals surface area contributed by atoms with Crippen molar-refractivity contribution in [1.82, 2.24) is 5.32 Å². The summed E-state index contributed by atoms with van der Waals surface area (Å²) in [6.45, 7) is 2.31. The first-order chi connectivity index (χ1) is 12.6. The average molecular weight is 349 g/mol. The van der Waals surface area contributed by atoms with Gasteiger partial charge in [-0.1, -0.05) is 30.3 Å². The van der Waals surface area contributed by atoms with E-state index in [0.29, 0.717) is 6.04 Å². The Balaban J connectivity index is 1.58. The van der Waals surface area contributed by atoms with Gasteiger partial charge < -0.3 is 15.5 Å². The van der Waals surface area contributed by atoms with Crippen molar-refractivity contribution in [2.45, 2.75) is 38.3 Å². The lowest BCUT2D eigenvalue weighted by molar-refractivity contribution is -0.122. The van der Waals surface area contributed by atoms with Crippen LogP contribution in [0.3, 0.4) is 0 Å². The van der Waals surface area contributed by atoms with Crippen molar-refractivity contribution >= 4 is 23.2 Å². The number of nitrogens with one attached hydrogen (secondary N) is 2. The van der Waals surface area contributed by atoms with E-state index in [1.807, 2.05) is 42.5 Å². The van der Waals surface area contributed by atoms with Gasteiger partial charge in [-0.2, -0.15) is 0 Å². The zero-order valence-electron chi connectivity index (χ0n) is 14.9. The van der Waals surface area contributed by atoms with Gasteiger partial charge >= 0.3 is 0 Å². The van der Waals surface area contributed by atoms with Crippen molar-refractivity contribution in [2.75, 3.05) is 16.8 Å². The fraction of sp³-hybridized carbons (Fsp3) is 0.333. The van der Waals surface area contributed by atoms with Crippen molar-refractivity contribution in [3.8, 4) is 0 Å². The lowest BCUT2D eigenvalue weighted by Crippen LogP contribution is -2.34. The van der Waals surface area contributed by atoms with E-state index in [1.54, 1.807) is 11.8 Å². The summed E-state index contributed by atoms with van der Waals surface area (Å²) in [5, 5.41) is 6.48. The molecule has 1 aliphatic carbocycles. The Kier molecular flexibility index (Phi) is 4.37. The molecule has 0 radical (unpaired) electrons. The molecule has 2 aliphatic rings. The molecule has 1 atom stereocenters. The lowest BCUT2D eigenvalue weighted by atomic mass is 10.0. The first kappa shape index (κ1) is 16.6. The Labute approximate surface area is 153 Å². The van der Waals surface area contributed by atoms with Crippen LogP contribution in [0.15, 0.2) is 48.5 Å². The summed E-state index contributed by atoms with van der Waals surface area (Å²) < 4.78 is 0. The third-order valence-corrected chi connectivity index (χ3v) is 4.98. The maximum Gasteiger partial charge on any atom is 0.247 e. The van der Waals surface area contributed by atoms with Gasteiger partial charge in [-0.3, -0.25) is 9.59 Å². The highest BCUT2D eigenvalue weighted by Gasteiger charge is 2.29. The summed E-state index contributed by atoms with van der Waals surface area (Å²) in [4.78, 5) is 26.3. The molecule has 26 heavy (non-hydrogen) atoms. The second-order valence-electron chi connectivity index (χ2n) is 7.04. The molecule has 1 heterocycles. The maximum atomic E-state index is 12.7. The summed E-state index contributed by atoms with van der Waals surface area (Å²) >= 11 is 0. The number of hydrogen-bond donors (Lipinski definition) is 2. The first-order valence-electron chi connectivity index (χ1n) is 9.15. The van der Waals surface area contributed by atoms with Gasteiger partial charge in [0.1, 0.15) is 6.04 Å². The van der Waals surface area contributed by atoms with Gasteiger partial charge in [0, 0.05) is 30.9 Å². The lowest BCUT2D eigenvalue weighted by Gasteiger charge is -2.21. The minimum atomic E-state index is -0.430. The molecule has 0 saturated heterocycles. The maximum absolute atomic E-state index is 12.7. The van der Waals surface area contributed by atoms with Crippen molar-refractivity contribution in [3.05, 3.63) is 59.7 Å². The van der Waals surface area contributed by atoms with Crippen LogP contribution < -0.4 is 15.5 Å². The number of anilines is 2. The summed E-state index contributed by atoms with van der Waals surface area (Å²) in [5.74, 6) is 0.0694. The molecule has 1 aliphatic heterocycles. The Morgan fingerprint density at radius 2 is 1.88 bits per heavy atom. The molecule has 2 amide bonds. The van der Waals surface area contributed by atoms with Gasteiger partial charge in [0.05, 0.1) is 0 Å². The predicted octanol–water partition coefficient (Wildman–Crippen LogP) is 3.03. The molecular weight excluding hydrogens is 326 g/mol. The van der Waals surface area contributed by atoms with E-state index in [0.717, 1.165) is 48.3 Å². The zero-order valence-corrected chi connectivity index (χ0v) is 14.9. The highest BCUT2D eigenvalue weighted by molar-refractivity contribution is 5.94. The van der Waals surface area contributed by atoms with E-state index >= 15 is 0 Å². The van der Waals surface area contributed by atoms with Gasteiger partial charge in [0.25, 0.3) is 0 Å². The van der Waals surface area contributed by atoms with Gasteiger partial charge in [-0.15, -0.1) is 0 Å². The third-order valence-electron chi connectivity index (χ3n) is 4.98. The summed E-state index contributed by atoms with van der Waals surface area (Å²) in [5.41, 5.74) is 3.95. The van der Waals surface area contributed by atoms with E-state index in [-0.39, 0.29) is 11.8 Å². The minimum absolute atomic E-state index is 0.00422. The van der Waals surface area contributed by atoms with E-state index in [4.69, 9.17) is 0 Å². The summed E-state index contributed by atoms with van der Waals surface area (Å²) in [6, 6.07) is 15.6. The van der Waals surface area contributed by atoms with Crippen molar-refractivity contribution in [2.24, 2.45) is 0 Å². The molecular formula is C21H23N3O2.